The van der Waals surface area contributed by atoms with Gasteiger partial charge in [0.25, 0.3) is 0 Å². The van der Waals surface area contributed by atoms with Crippen LogP contribution in [-0.4, -0.2) is 15.7 Å². The van der Waals surface area contributed by atoms with Crippen LogP contribution in [-0.2, 0) is 6.18 Å². The molecule has 0 fully saturated rings. The molecule has 1 heterocycles. The van der Waals surface area contributed by atoms with E-state index in [9.17, 15) is 13.2 Å². The second-order valence-corrected chi connectivity index (χ2v) is 4.41. The summed E-state index contributed by atoms with van der Waals surface area (Å²) in [6.07, 6.45) is -3.15. The highest BCUT2D eigenvalue weighted by atomic mass is 19.4. The van der Waals surface area contributed by atoms with Crippen molar-refractivity contribution in [2.75, 3.05) is 5.43 Å². The zero-order valence-corrected chi connectivity index (χ0v) is 11.7. The van der Waals surface area contributed by atoms with E-state index in [1.165, 1.54) is 6.07 Å². The summed E-state index contributed by atoms with van der Waals surface area (Å²) in [6.45, 7) is 3.87. The Morgan fingerprint density at radius 3 is 2.43 bits per heavy atom. The molecule has 4 nitrogen and oxygen atoms in total. The van der Waals surface area contributed by atoms with Crippen LogP contribution in [0.4, 0.5) is 19.0 Å². The monoisotopic (exact) mass is 296 g/mol. The zero-order valence-electron chi connectivity index (χ0n) is 11.7. The number of nitrogens with one attached hydrogen (secondary N) is 1. The van der Waals surface area contributed by atoms with Gasteiger partial charge in [0.2, 0.25) is 5.82 Å². The van der Waals surface area contributed by atoms with Gasteiger partial charge in [-0.05, 0) is 25.0 Å². The lowest BCUT2D eigenvalue weighted by Gasteiger charge is -2.10. The lowest BCUT2D eigenvalue weighted by Crippen LogP contribution is -2.13. The quantitative estimate of drug-likeness (QED) is 0.678. The molecule has 0 aliphatic carbocycles. The largest absolute Gasteiger partial charge is 0.451 e. The Balaban J connectivity index is 2.52. The van der Waals surface area contributed by atoms with Crippen molar-refractivity contribution < 1.29 is 13.2 Å². The number of halogens is 3. The zero-order chi connectivity index (χ0) is 15.5. The highest BCUT2D eigenvalue weighted by Gasteiger charge is 2.35. The van der Waals surface area contributed by atoms with E-state index in [4.69, 9.17) is 0 Å². The van der Waals surface area contributed by atoms with Crippen LogP contribution in [0.25, 0.3) is 10.9 Å². The predicted molar refractivity (Wildman–Crippen MR) is 76.2 cm³/mol. The van der Waals surface area contributed by atoms with E-state index >= 15 is 0 Å². The van der Waals surface area contributed by atoms with Gasteiger partial charge in [0.1, 0.15) is 0 Å². The molecule has 0 saturated heterocycles. The molecule has 0 atom stereocenters. The second-order valence-electron chi connectivity index (χ2n) is 4.41. The fourth-order valence-electron chi connectivity index (χ4n) is 1.83. The van der Waals surface area contributed by atoms with Crippen LogP contribution >= 0.6 is 0 Å². The SMILES string of the molecule is CCC(CC)=NNc1nc(C(F)(F)F)nc2ccccc12. The lowest BCUT2D eigenvalue weighted by molar-refractivity contribution is -0.144. The number of fused-ring (bicyclic) bond motifs is 1. The van der Waals surface area contributed by atoms with Crippen LogP contribution in [0.5, 0.6) is 0 Å². The van der Waals surface area contributed by atoms with Gasteiger partial charge in [0.05, 0.1) is 5.52 Å². The number of benzene rings is 1. The summed E-state index contributed by atoms with van der Waals surface area (Å²) in [5.74, 6) is -1.11. The molecular formula is C14H15F3N4. The summed E-state index contributed by atoms with van der Waals surface area (Å²) in [5, 5.41) is 4.61. The number of hydrogen-bond acceptors (Lipinski definition) is 4. The molecule has 21 heavy (non-hydrogen) atoms. The number of aromatic nitrogens is 2. The Labute approximate surface area is 120 Å². The van der Waals surface area contributed by atoms with Crippen molar-refractivity contribution in [1.29, 1.82) is 0 Å². The summed E-state index contributed by atoms with van der Waals surface area (Å²) >= 11 is 0. The van der Waals surface area contributed by atoms with Crippen LogP contribution in [0.15, 0.2) is 29.4 Å². The standard InChI is InChI=1S/C14H15F3N4/c1-3-9(4-2)20-21-12-10-7-5-6-8-11(10)18-13(19-12)14(15,16)17/h5-8H,3-4H2,1-2H3,(H,18,19,21). The predicted octanol–water partition coefficient (Wildman–Crippen LogP) is 4.24. The van der Waals surface area contributed by atoms with E-state index in [0.29, 0.717) is 5.39 Å². The average Bonchev–Trinajstić information content (AvgIpc) is 2.47. The fourth-order valence-corrected chi connectivity index (χ4v) is 1.83. The van der Waals surface area contributed by atoms with Gasteiger partial charge in [-0.15, -0.1) is 0 Å². The van der Waals surface area contributed by atoms with Crippen molar-refractivity contribution in [3.63, 3.8) is 0 Å². The van der Waals surface area contributed by atoms with Crippen molar-refractivity contribution in [2.24, 2.45) is 5.10 Å². The van der Waals surface area contributed by atoms with Crippen molar-refractivity contribution in [3.8, 4) is 0 Å². The number of alkyl halides is 3. The maximum atomic E-state index is 12.8. The van der Waals surface area contributed by atoms with E-state index in [1.54, 1.807) is 18.2 Å². The first-order valence-corrected chi connectivity index (χ1v) is 6.61. The van der Waals surface area contributed by atoms with Crippen molar-refractivity contribution in [3.05, 3.63) is 30.1 Å². The van der Waals surface area contributed by atoms with Crippen LogP contribution < -0.4 is 5.43 Å². The molecule has 0 radical (unpaired) electrons. The highest BCUT2D eigenvalue weighted by Crippen LogP contribution is 2.30. The van der Waals surface area contributed by atoms with Gasteiger partial charge in [-0.1, -0.05) is 26.0 Å². The summed E-state index contributed by atoms with van der Waals surface area (Å²) < 4.78 is 38.5. The number of para-hydroxylation sites is 1. The molecule has 0 unspecified atom stereocenters. The van der Waals surface area contributed by atoms with E-state index < -0.39 is 12.0 Å². The first kappa shape index (κ1) is 15.2. The van der Waals surface area contributed by atoms with E-state index in [1.807, 2.05) is 13.8 Å². The summed E-state index contributed by atoms with van der Waals surface area (Å²) in [6, 6.07) is 6.52. The topological polar surface area (TPSA) is 50.2 Å². The third-order valence-electron chi connectivity index (χ3n) is 2.99. The molecule has 0 amide bonds. The number of hydrogen-bond donors (Lipinski definition) is 1. The molecule has 1 aromatic heterocycles. The summed E-state index contributed by atoms with van der Waals surface area (Å²) in [4.78, 5) is 7.11. The van der Waals surface area contributed by atoms with Crippen LogP contribution in [0.3, 0.4) is 0 Å². The first-order valence-electron chi connectivity index (χ1n) is 6.61. The normalized spacial score (nSPS) is 11.5. The maximum absolute atomic E-state index is 12.8. The smallest absolute Gasteiger partial charge is 0.261 e. The Morgan fingerprint density at radius 2 is 1.81 bits per heavy atom. The van der Waals surface area contributed by atoms with E-state index in [0.717, 1.165) is 18.6 Å². The summed E-state index contributed by atoms with van der Waals surface area (Å²) in [7, 11) is 0. The number of rotatable bonds is 4. The number of anilines is 1. The third kappa shape index (κ3) is 3.48. The molecule has 0 aliphatic rings. The van der Waals surface area contributed by atoms with E-state index in [2.05, 4.69) is 20.5 Å². The number of hydrazone groups is 1. The average molecular weight is 296 g/mol. The molecule has 2 rings (SSSR count). The van der Waals surface area contributed by atoms with Crippen LogP contribution in [0.1, 0.15) is 32.5 Å². The molecule has 112 valence electrons. The van der Waals surface area contributed by atoms with Gasteiger partial charge in [-0.25, -0.2) is 9.97 Å². The Bertz CT molecular complexity index is 659. The van der Waals surface area contributed by atoms with Gasteiger partial charge in [0, 0.05) is 11.1 Å². The minimum absolute atomic E-state index is 0.0623. The van der Waals surface area contributed by atoms with E-state index in [-0.39, 0.29) is 11.3 Å². The molecule has 7 heteroatoms. The molecule has 0 saturated carbocycles. The lowest BCUT2D eigenvalue weighted by atomic mass is 10.2. The molecular weight excluding hydrogens is 281 g/mol. The first-order chi connectivity index (χ1) is 9.95. The van der Waals surface area contributed by atoms with Crippen LogP contribution in [0, 0.1) is 0 Å². The molecule has 2 aromatic rings. The molecule has 1 N–H and O–H groups in total. The van der Waals surface area contributed by atoms with Gasteiger partial charge in [-0.2, -0.15) is 18.3 Å². The Hall–Kier alpha value is -2.18. The maximum Gasteiger partial charge on any atom is 0.451 e. The Morgan fingerprint density at radius 1 is 1.14 bits per heavy atom. The van der Waals surface area contributed by atoms with Gasteiger partial charge in [0.15, 0.2) is 5.82 Å². The van der Waals surface area contributed by atoms with Gasteiger partial charge in [-0.3, -0.25) is 5.43 Å². The summed E-state index contributed by atoms with van der Waals surface area (Å²) in [5.41, 5.74) is 3.72. The Kier molecular flexibility index (Phi) is 4.40. The van der Waals surface area contributed by atoms with Crippen molar-refractivity contribution in [2.45, 2.75) is 32.9 Å². The second kappa shape index (κ2) is 6.07. The number of nitrogens with zero attached hydrogens (tertiary/aromatic N) is 3. The van der Waals surface area contributed by atoms with Gasteiger partial charge >= 0.3 is 6.18 Å². The van der Waals surface area contributed by atoms with Crippen LogP contribution in [0.2, 0.25) is 0 Å². The third-order valence-corrected chi connectivity index (χ3v) is 2.99. The molecule has 0 bridgehead atoms. The highest BCUT2D eigenvalue weighted by molar-refractivity contribution is 5.90. The fraction of sp³-hybridized carbons (Fsp3) is 0.357. The minimum atomic E-state index is -4.59. The van der Waals surface area contributed by atoms with Crippen molar-refractivity contribution in [1.82, 2.24) is 9.97 Å². The molecule has 0 aliphatic heterocycles. The molecule has 1 aromatic carbocycles. The minimum Gasteiger partial charge on any atom is -0.261 e. The van der Waals surface area contributed by atoms with Crippen molar-refractivity contribution >= 4 is 22.4 Å². The molecule has 0 spiro atoms. The van der Waals surface area contributed by atoms with Gasteiger partial charge < -0.3 is 0 Å².